The summed E-state index contributed by atoms with van der Waals surface area (Å²) in [6.07, 6.45) is 2.09. The molecule has 0 heterocycles. The zero-order valence-corrected chi connectivity index (χ0v) is 13.1. The van der Waals surface area contributed by atoms with Crippen molar-refractivity contribution in [2.45, 2.75) is 12.8 Å². The molecule has 3 heteroatoms. The van der Waals surface area contributed by atoms with Gasteiger partial charge in [-0.2, -0.15) is 0 Å². The van der Waals surface area contributed by atoms with Crippen LogP contribution in [0.15, 0.2) is 70.8 Å². The lowest BCUT2D eigenvalue weighted by Crippen LogP contribution is -2.01. The zero-order valence-electron chi connectivity index (χ0n) is 10.7. The molecule has 0 spiro atoms. The third-order valence-electron chi connectivity index (χ3n) is 2.80. The number of halogens is 2. The van der Waals surface area contributed by atoms with Gasteiger partial charge < -0.3 is 5.73 Å². The molecule has 0 aliphatic heterocycles. The van der Waals surface area contributed by atoms with Crippen LogP contribution in [0.5, 0.6) is 0 Å². The van der Waals surface area contributed by atoms with E-state index in [9.17, 15) is 0 Å². The smallest absolute Gasteiger partial charge is 0.0289 e. The van der Waals surface area contributed by atoms with Gasteiger partial charge in [-0.1, -0.05) is 64.5 Å². The van der Waals surface area contributed by atoms with Crippen LogP contribution in [0.25, 0.3) is 0 Å². The van der Waals surface area contributed by atoms with Crippen molar-refractivity contribution in [2.24, 2.45) is 5.73 Å². The number of benzene rings is 2. The van der Waals surface area contributed by atoms with Gasteiger partial charge in [-0.25, -0.2) is 0 Å². The molecule has 2 rings (SSSR count). The van der Waals surface area contributed by atoms with Crippen molar-refractivity contribution in [3.05, 3.63) is 82.0 Å². The first-order chi connectivity index (χ1) is 8.66. The van der Waals surface area contributed by atoms with Crippen LogP contribution in [0.4, 0.5) is 0 Å². The Hall–Kier alpha value is -1.25. The molecule has 2 N–H and O–H groups in total. The van der Waals surface area contributed by atoms with Gasteiger partial charge in [0.25, 0.3) is 0 Å². The highest BCUT2D eigenvalue weighted by molar-refractivity contribution is 9.10. The molecule has 0 saturated heterocycles. The number of hydrogen-bond acceptors (Lipinski definition) is 1. The standard InChI is InChI=1S/C16H16BrN.ClH/c1-12(18)10-16(13-6-3-2-4-7-13)14-8-5-9-15(17)11-14;/h2-11,16H,18H2,1H3;1H/b12-10-;. The molecule has 0 fully saturated rings. The lowest BCUT2D eigenvalue weighted by molar-refractivity contribution is 1.00. The summed E-state index contributed by atoms with van der Waals surface area (Å²) in [6, 6.07) is 18.7. The van der Waals surface area contributed by atoms with E-state index in [-0.39, 0.29) is 18.3 Å². The minimum atomic E-state index is 0. The summed E-state index contributed by atoms with van der Waals surface area (Å²) in [6.45, 7) is 1.92. The van der Waals surface area contributed by atoms with E-state index < -0.39 is 0 Å². The van der Waals surface area contributed by atoms with Gasteiger partial charge in [-0.3, -0.25) is 0 Å². The van der Waals surface area contributed by atoms with Crippen LogP contribution in [0.3, 0.4) is 0 Å². The van der Waals surface area contributed by atoms with Crippen LogP contribution in [-0.2, 0) is 0 Å². The molecule has 0 aliphatic carbocycles. The second-order valence-corrected chi connectivity index (χ2v) is 5.27. The quantitative estimate of drug-likeness (QED) is 0.849. The van der Waals surface area contributed by atoms with Crippen LogP contribution in [0, 0.1) is 0 Å². The molecule has 0 amide bonds. The van der Waals surface area contributed by atoms with Crippen LogP contribution in [0.1, 0.15) is 24.0 Å². The van der Waals surface area contributed by atoms with Crippen molar-refractivity contribution in [3.63, 3.8) is 0 Å². The highest BCUT2D eigenvalue weighted by Crippen LogP contribution is 2.28. The van der Waals surface area contributed by atoms with Gasteiger partial charge in [0.1, 0.15) is 0 Å². The van der Waals surface area contributed by atoms with Crippen molar-refractivity contribution < 1.29 is 0 Å². The maximum Gasteiger partial charge on any atom is 0.0289 e. The van der Waals surface area contributed by atoms with Gasteiger partial charge in [-0.05, 0) is 30.2 Å². The van der Waals surface area contributed by atoms with E-state index in [4.69, 9.17) is 5.73 Å². The number of nitrogens with two attached hydrogens (primary N) is 1. The van der Waals surface area contributed by atoms with E-state index in [1.807, 2.05) is 19.1 Å². The average Bonchev–Trinajstić information content (AvgIpc) is 2.37. The van der Waals surface area contributed by atoms with Crippen LogP contribution >= 0.6 is 28.3 Å². The lowest BCUT2D eigenvalue weighted by atomic mass is 9.90. The van der Waals surface area contributed by atoms with Crippen molar-refractivity contribution in [1.29, 1.82) is 0 Å². The molecule has 0 bridgehead atoms. The summed E-state index contributed by atoms with van der Waals surface area (Å²) >= 11 is 3.52. The van der Waals surface area contributed by atoms with E-state index in [0.717, 1.165) is 10.2 Å². The topological polar surface area (TPSA) is 26.0 Å². The third kappa shape index (κ3) is 4.41. The maximum atomic E-state index is 5.86. The molecule has 0 radical (unpaired) electrons. The molecule has 1 unspecified atom stereocenters. The molecule has 1 nitrogen and oxygen atoms in total. The summed E-state index contributed by atoms with van der Waals surface area (Å²) in [5.41, 5.74) is 9.18. The second-order valence-electron chi connectivity index (χ2n) is 4.35. The predicted octanol–water partition coefficient (Wildman–Crippen LogP) is 4.87. The third-order valence-corrected chi connectivity index (χ3v) is 3.29. The van der Waals surface area contributed by atoms with Crippen LogP contribution < -0.4 is 5.73 Å². The summed E-state index contributed by atoms with van der Waals surface area (Å²) in [4.78, 5) is 0. The molecule has 100 valence electrons. The van der Waals surface area contributed by atoms with E-state index >= 15 is 0 Å². The molecular weight excluding hydrogens is 322 g/mol. The van der Waals surface area contributed by atoms with E-state index in [1.54, 1.807) is 0 Å². The highest BCUT2D eigenvalue weighted by atomic mass is 79.9. The van der Waals surface area contributed by atoms with Gasteiger partial charge in [0.15, 0.2) is 0 Å². The fraction of sp³-hybridized carbons (Fsp3) is 0.125. The maximum absolute atomic E-state index is 5.86. The largest absolute Gasteiger partial charge is 0.402 e. The second kappa shape index (κ2) is 7.37. The van der Waals surface area contributed by atoms with Gasteiger partial charge in [0, 0.05) is 16.1 Å². The first-order valence-electron chi connectivity index (χ1n) is 5.91. The fourth-order valence-electron chi connectivity index (χ4n) is 2.01. The molecule has 0 aliphatic rings. The SMILES string of the molecule is C/C(N)=C/C(c1ccccc1)c1cccc(Br)c1.Cl. The van der Waals surface area contributed by atoms with Gasteiger partial charge in [0.2, 0.25) is 0 Å². The molecular formula is C16H17BrClN. The van der Waals surface area contributed by atoms with Crippen molar-refractivity contribution >= 4 is 28.3 Å². The van der Waals surface area contributed by atoms with E-state index in [1.165, 1.54) is 11.1 Å². The number of rotatable bonds is 3. The summed E-state index contributed by atoms with van der Waals surface area (Å²) < 4.78 is 1.09. The number of allylic oxidation sites excluding steroid dienone is 2. The Labute approximate surface area is 129 Å². The molecule has 0 aromatic heterocycles. The van der Waals surface area contributed by atoms with E-state index in [2.05, 4.69) is 64.5 Å². The Morgan fingerprint density at radius 3 is 2.26 bits per heavy atom. The average molecular weight is 339 g/mol. The Morgan fingerprint density at radius 2 is 1.68 bits per heavy atom. The summed E-state index contributed by atoms with van der Waals surface area (Å²) in [5, 5.41) is 0. The van der Waals surface area contributed by atoms with Crippen LogP contribution in [0.2, 0.25) is 0 Å². The van der Waals surface area contributed by atoms with E-state index in [0.29, 0.717) is 0 Å². The van der Waals surface area contributed by atoms with Crippen molar-refractivity contribution in [1.82, 2.24) is 0 Å². The lowest BCUT2D eigenvalue weighted by Gasteiger charge is -2.15. The normalized spacial score (nSPS) is 12.6. The molecule has 2 aromatic carbocycles. The van der Waals surface area contributed by atoms with Gasteiger partial charge in [0.05, 0.1) is 0 Å². The molecule has 2 aromatic rings. The molecule has 0 saturated carbocycles. The predicted molar refractivity (Wildman–Crippen MR) is 87.6 cm³/mol. The zero-order chi connectivity index (χ0) is 13.0. The van der Waals surface area contributed by atoms with Crippen molar-refractivity contribution in [3.8, 4) is 0 Å². The Bertz CT molecular complexity index is 548. The minimum absolute atomic E-state index is 0. The monoisotopic (exact) mass is 337 g/mol. The Balaban J connectivity index is 0.00000180. The highest BCUT2D eigenvalue weighted by Gasteiger charge is 2.11. The summed E-state index contributed by atoms with van der Waals surface area (Å²) in [5.74, 6) is 0.202. The molecule has 19 heavy (non-hydrogen) atoms. The van der Waals surface area contributed by atoms with Gasteiger partial charge >= 0.3 is 0 Å². The Kier molecular flexibility index (Phi) is 6.13. The fourth-order valence-corrected chi connectivity index (χ4v) is 2.43. The van der Waals surface area contributed by atoms with Crippen LogP contribution in [-0.4, -0.2) is 0 Å². The van der Waals surface area contributed by atoms with Gasteiger partial charge in [-0.15, -0.1) is 12.4 Å². The summed E-state index contributed by atoms with van der Waals surface area (Å²) in [7, 11) is 0. The Morgan fingerprint density at radius 1 is 1.05 bits per heavy atom. The van der Waals surface area contributed by atoms with Crippen molar-refractivity contribution in [2.75, 3.05) is 0 Å². The number of hydrogen-bond donors (Lipinski definition) is 1. The first-order valence-corrected chi connectivity index (χ1v) is 6.70. The first kappa shape index (κ1) is 15.8. The molecule has 1 atom stereocenters. The minimum Gasteiger partial charge on any atom is -0.402 e.